The Bertz CT molecular complexity index is 726. The van der Waals surface area contributed by atoms with Gasteiger partial charge in [-0.25, -0.2) is 0 Å². The molecule has 4 aliphatic carbocycles. The lowest BCUT2D eigenvalue weighted by Gasteiger charge is -2.22. The van der Waals surface area contributed by atoms with Gasteiger partial charge in [0.15, 0.2) is 0 Å². The first-order valence-electron chi connectivity index (χ1n) is 10.2. The monoisotopic (exact) mass is 349 g/mol. The van der Waals surface area contributed by atoms with E-state index in [4.69, 9.17) is 0 Å². The molecule has 2 aromatic rings. The molecule has 6 rings (SSSR count). The summed E-state index contributed by atoms with van der Waals surface area (Å²) in [7, 11) is 0. The highest BCUT2D eigenvalue weighted by Gasteiger charge is 2.15. The van der Waals surface area contributed by atoms with Crippen molar-refractivity contribution in [1.82, 2.24) is 4.90 Å². The summed E-state index contributed by atoms with van der Waals surface area (Å²) in [5.74, 6) is 0.280. The van der Waals surface area contributed by atoms with Crippen molar-refractivity contribution in [2.24, 2.45) is 0 Å². The molecule has 2 heteroatoms. The fraction of sp³-hybridized carbons (Fsp3) is 0.458. The number of carbonyl (C=O) groups is 1. The third-order valence-corrected chi connectivity index (χ3v) is 5.36. The summed E-state index contributed by atoms with van der Waals surface area (Å²) in [4.78, 5) is 14.9. The van der Waals surface area contributed by atoms with Gasteiger partial charge in [-0.3, -0.25) is 4.79 Å². The van der Waals surface area contributed by atoms with Crippen molar-refractivity contribution in [3.05, 3.63) is 70.3 Å². The van der Waals surface area contributed by atoms with Gasteiger partial charge in [-0.1, -0.05) is 56.3 Å². The van der Waals surface area contributed by atoms with Crippen LogP contribution >= 0.6 is 0 Å². The van der Waals surface area contributed by atoms with Crippen molar-refractivity contribution in [3.8, 4) is 0 Å². The van der Waals surface area contributed by atoms with E-state index in [1.54, 1.807) is 0 Å². The number of aryl methyl sites for hydroxylation is 4. The molecule has 0 atom stereocenters. The van der Waals surface area contributed by atoms with Gasteiger partial charge in [-0.2, -0.15) is 0 Å². The van der Waals surface area contributed by atoms with Gasteiger partial charge in [-0.05, 0) is 66.3 Å². The number of hydrogen-bond donors (Lipinski definition) is 0. The normalized spacial score (nSPS) is 13.3. The zero-order valence-corrected chi connectivity index (χ0v) is 16.3. The summed E-state index contributed by atoms with van der Waals surface area (Å²) >= 11 is 0. The first-order valence-corrected chi connectivity index (χ1v) is 10.2. The van der Waals surface area contributed by atoms with Crippen molar-refractivity contribution >= 4 is 5.91 Å². The molecule has 0 radical (unpaired) electrons. The van der Waals surface area contributed by atoms with Crippen molar-refractivity contribution in [1.29, 1.82) is 0 Å². The molecule has 138 valence electrons. The fourth-order valence-corrected chi connectivity index (χ4v) is 3.86. The summed E-state index contributed by atoms with van der Waals surface area (Å²) in [5.41, 5.74) is 6.69. The van der Waals surface area contributed by atoms with Gasteiger partial charge in [0, 0.05) is 13.1 Å². The molecular weight excluding hydrogens is 318 g/mol. The van der Waals surface area contributed by atoms with Crippen LogP contribution in [0.3, 0.4) is 0 Å². The molecule has 2 nitrogen and oxygen atoms in total. The van der Waals surface area contributed by atoms with Crippen LogP contribution in [0.25, 0.3) is 0 Å². The SMILES string of the molecule is CCCN(CCC)C(=O)Cc1cc2ccc1CCc1ccc(cc1)CC2. The summed E-state index contributed by atoms with van der Waals surface area (Å²) in [6, 6.07) is 15.9. The maximum Gasteiger partial charge on any atom is 0.226 e. The Hall–Kier alpha value is -2.09. The maximum absolute atomic E-state index is 12.9. The van der Waals surface area contributed by atoms with E-state index in [1.165, 1.54) is 27.8 Å². The molecule has 0 spiro atoms. The number of nitrogens with zero attached hydrogens (tertiary/aromatic N) is 1. The molecule has 0 aromatic heterocycles. The Morgan fingerprint density at radius 1 is 0.808 bits per heavy atom. The van der Waals surface area contributed by atoms with Gasteiger partial charge in [-0.15, -0.1) is 0 Å². The van der Waals surface area contributed by atoms with Gasteiger partial charge in [0.05, 0.1) is 6.42 Å². The molecule has 0 fully saturated rings. The van der Waals surface area contributed by atoms with E-state index in [1.807, 2.05) is 4.90 Å². The minimum absolute atomic E-state index is 0.280. The third-order valence-electron chi connectivity index (χ3n) is 5.36. The van der Waals surface area contributed by atoms with E-state index in [9.17, 15) is 4.79 Å². The molecule has 0 saturated heterocycles. The smallest absolute Gasteiger partial charge is 0.226 e. The molecule has 4 bridgehead atoms. The van der Waals surface area contributed by atoms with Crippen LogP contribution < -0.4 is 0 Å². The minimum Gasteiger partial charge on any atom is -0.342 e. The van der Waals surface area contributed by atoms with E-state index in [2.05, 4.69) is 56.3 Å². The zero-order chi connectivity index (χ0) is 18.4. The topological polar surface area (TPSA) is 20.3 Å². The Kier molecular flexibility index (Phi) is 6.49. The van der Waals surface area contributed by atoms with E-state index < -0.39 is 0 Å². The summed E-state index contributed by atoms with van der Waals surface area (Å²) < 4.78 is 0. The van der Waals surface area contributed by atoms with Crippen LogP contribution in [0.5, 0.6) is 0 Å². The number of amides is 1. The first kappa shape index (κ1) is 18.7. The number of carbonyl (C=O) groups excluding carboxylic acids is 1. The van der Waals surface area contributed by atoms with Gasteiger partial charge < -0.3 is 4.90 Å². The highest BCUT2D eigenvalue weighted by Crippen LogP contribution is 2.20. The van der Waals surface area contributed by atoms with Crippen LogP contribution in [0, 0.1) is 0 Å². The van der Waals surface area contributed by atoms with Gasteiger partial charge in [0.1, 0.15) is 0 Å². The zero-order valence-electron chi connectivity index (χ0n) is 16.3. The van der Waals surface area contributed by atoms with Gasteiger partial charge >= 0.3 is 0 Å². The second kappa shape index (κ2) is 9.02. The van der Waals surface area contributed by atoms with Crippen molar-refractivity contribution in [2.75, 3.05) is 13.1 Å². The second-order valence-electron chi connectivity index (χ2n) is 7.48. The predicted octanol–water partition coefficient (Wildman–Crippen LogP) is 4.76. The first-order chi connectivity index (χ1) is 12.7. The molecule has 4 aliphatic rings. The van der Waals surface area contributed by atoms with Crippen LogP contribution in [-0.4, -0.2) is 23.9 Å². The van der Waals surface area contributed by atoms with Gasteiger partial charge in [0.25, 0.3) is 0 Å². The summed E-state index contributed by atoms with van der Waals surface area (Å²) in [6.45, 7) is 6.03. The third kappa shape index (κ3) is 4.75. The summed E-state index contributed by atoms with van der Waals surface area (Å²) in [6.07, 6.45) is 6.72. The predicted molar refractivity (Wildman–Crippen MR) is 109 cm³/mol. The Balaban J connectivity index is 1.82. The maximum atomic E-state index is 12.9. The standard InChI is InChI=1S/C24H31NO/c1-3-15-25(16-4-2)24(26)18-23-17-21-10-9-19-5-7-20(8-6-19)11-13-22(23)14-12-21/h5-8,12,14,17H,3-4,9-11,13,15-16,18H2,1-2H3. The van der Waals surface area contributed by atoms with Crippen LogP contribution in [0.2, 0.25) is 0 Å². The molecule has 0 heterocycles. The molecule has 26 heavy (non-hydrogen) atoms. The number of hydrogen-bond acceptors (Lipinski definition) is 1. The van der Waals surface area contributed by atoms with Crippen LogP contribution in [0.1, 0.15) is 54.5 Å². The van der Waals surface area contributed by atoms with Crippen LogP contribution in [-0.2, 0) is 36.9 Å². The van der Waals surface area contributed by atoms with E-state index >= 15 is 0 Å². The molecule has 1 amide bonds. The minimum atomic E-state index is 0.280. The van der Waals surface area contributed by atoms with Crippen LogP contribution in [0.4, 0.5) is 0 Å². The average molecular weight is 350 g/mol. The largest absolute Gasteiger partial charge is 0.342 e. The summed E-state index contributed by atoms with van der Waals surface area (Å²) in [5, 5.41) is 0. The Labute approximate surface area is 158 Å². The highest BCUT2D eigenvalue weighted by molar-refractivity contribution is 5.79. The number of benzene rings is 2. The number of rotatable bonds is 6. The molecule has 0 saturated carbocycles. The van der Waals surface area contributed by atoms with E-state index in [0.717, 1.165) is 51.6 Å². The quantitative estimate of drug-likeness (QED) is 0.736. The van der Waals surface area contributed by atoms with Gasteiger partial charge in [0.2, 0.25) is 5.91 Å². The Morgan fingerprint density at radius 2 is 1.35 bits per heavy atom. The van der Waals surface area contributed by atoms with Crippen molar-refractivity contribution in [3.63, 3.8) is 0 Å². The molecule has 0 aliphatic heterocycles. The molecule has 0 N–H and O–H groups in total. The lowest BCUT2D eigenvalue weighted by Crippen LogP contribution is -2.34. The Morgan fingerprint density at radius 3 is 1.96 bits per heavy atom. The lowest BCUT2D eigenvalue weighted by molar-refractivity contribution is -0.130. The highest BCUT2D eigenvalue weighted by atomic mass is 16.2. The average Bonchev–Trinajstić information content (AvgIpc) is 2.64. The molecule has 2 aromatic carbocycles. The lowest BCUT2D eigenvalue weighted by atomic mass is 9.92. The van der Waals surface area contributed by atoms with Crippen LogP contribution in [0.15, 0.2) is 42.5 Å². The molecule has 0 unspecified atom stereocenters. The van der Waals surface area contributed by atoms with Crippen molar-refractivity contribution in [2.45, 2.75) is 58.8 Å². The second-order valence-corrected chi connectivity index (χ2v) is 7.48. The van der Waals surface area contributed by atoms with E-state index in [0.29, 0.717) is 6.42 Å². The van der Waals surface area contributed by atoms with Crippen molar-refractivity contribution < 1.29 is 4.79 Å². The fourth-order valence-electron chi connectivity index (χ4n) is 3.86. The molecular formula is C24H31NO. The van der Waals surface area contributed by atoms with E-state index in [-0.39, 0.29) is 5.91 Å².